The van der Waals surface area contributed by atoms with Crippen LogP contribution in [0.3, 0.4) is 0 Å². The smallest absolute Gasteiger partial charge is 0.326 e. The van der Waals surface area contributed by atoms with Crippen LogP contribution in [-0.4, -0.2) is 66.0 Å². The van der Waals surface area contributed by atoms with E-state index in [2.05, 4.69) is 20.9 Å². The molecule has 1 rings (SSSR count). The lowest BCUT2D eigenvalue weighted by atomic mass is 10.0. The zero-order valence-corrected chi connectivity index (χ0v) is 19.5. The molecule has 0 aliphatic heterocycles. The van der Waals surface area contributed by atoms with Crippen LogP contribution in [0.4, 0.5) is 0 Å². The molecule has 3 unspecified atom stereocenters. The van der Waals surface area contributed by atoms with Gasteiger partial charge in [0, 0.05) is 6.54 Å². The van der Waals surface area contributed by atoms with Crippen LogP contribution in [0.15, 0.2) is 35.3 Å². The van der Waals surface area contributed by atoms with Gasteiger partial charge in [0.15, 0.2) is 5.96 Å². The number of carboxylic acid groups (broad SMARTS) is 1. The number of aliphatic carboxylic acids is 1. The molecule has 10 N–H and O–H groups in total. The average molecular weight is 478 g/mol. The summed E-state index contributed by atoms with van der Waals surface area (Å²) in [4.78, 5) is 52.5. The molecule has 188 valence electrons. The summed E-state index contributed by atoms with van der Waals surface area (Å²) < 4.78 is 0. The Morgan fingerprint density at radius 2 is 1.68 bits per heavy atom. The molecule has 0 bridgehead atoms. The second-order valence-electron chi connectivity index (χ2n) is 8.15. The zero-order chi connectivity index (χ0) is 25.7. The van der Waals surface area contributed by atoms with Crippen molar-refractivity contribution in [2.24, 2.45) is 28.1 Å². The third-order valence-corrected chi connectivity index (χ3v) is 4.89. The lowest BCUT2D eigenvalue weighted by Crippen LogP contribution is -2.54. The van der Waals surface area contributed by atoms with Gasteiger partial charge in [-0.1, -0.05) is 44.2 Å². The quantitative estimate of drug-likeness (QED) is 0.0942. The summed E-state index contributed by atoms with van der Waals surface area (Å²) in [6, 6.07) is 6.23. The SMILES string of the molecule is CC(C)C(NC(=O)CNC(=O)C(CCCN=C(N)N)NC(=O)C(N)Cc1ccccc1)C(=O)O. The minimum Gasteiger partial charge on any atom is -0.480 e. The van der Waals surface area contributed by atoms with Crippen LogP contribution in [0, 0.1) is 5.92 Å². The van der Waals surface area contributed by atoms with Gasteiger partial charge < -0.3 is 38.3 Å². The Balaban J connectivity index is 2.74. The van der Waals surface area contributed by atoms with Gasteiger partial charge in [-0.3, -0.25) is 19.4 Å². The highest BCUT2D eigenvalue weighted by atomic mass is 16.4. The molecule has 34 heavy (non-hydrogen) atoms. The molecule has 0 aliphatic carbocycles. The predicted octanol–water partition coefficient (Wildman–Crippen LogP) is -1.56. The van der Waals surface area contributed by atoms with Crippen molar-refractivity contribution in [2.45, 2.75) is 51.2 Å². The van der Waals surface area contributed by atoms with Gasteiger partial charge in [-0.05, 0) is 30.7 Å². The number of carbonyl (C=O) groups excluding carboxylic acids is 3. The molecule has 0 fully saturated rings. The van der Waals surface area contributed by atoms with E-state index in [0.717, 1.165) is 5.56 Å². The first-order chi connectivity index (χ1) is 16.0. The molecule has 3 atom stereocenters. The zero-order valence-electron chi connectivity index (χ0n) is 19.5. The Morgan fingerprint density at radius 3 is 2.24 bits per heavy atom. The Bertz CT molecular complexity index is 856. The first kappa shape index (κ1) is 28.4. The number of carboxylic acids is 1. The number of benzene rings is 1. The van der Waals surface area contributed by atoms with Crippen LogP contribution in [-0.2, 0) is 25.6 Å². The summed E-state index contributed by atoms with van der Waals surface area (Å²) in [7, 11) is 0. The molecule has 0 aliphatic rings. The number of carbonyl (C=O) groups is 4. The molecule has 1 aromatic rings. The Kier molecular flexibility index (Phi) is 12.1. The van der Waals surface area contributed by atoms with E-state index in [-0.39, 0.29) is 31.3 Å². The van der Waals surface area contributed by atoms with Crippen molar-refractivity contribution in [3.63, 3.8) is 0 Å². The van der Waals surface area contributed by atoms with Gasteiger partial charge in [-0.2, -0.15) is 0 Å². The van der Waals surface area contributed by atoms with Crippen molar-refractivity contribution in [3.8, 4) is 0 Å². The van der Waals surface area contributed by atoms with Crippen molar-refractivity contribution in [1.29, 1.82) is 0 Å². The summed E-state index contributed by atoms with van der Waals surface area (Å²) in [6.45, 7) is 3.09. The van der Waals surface area contributed by atoms with Crippen molar-refractivity contribution in [3.05, 3.63) is 35.9 Å². The first-order valence-corrected chi connectivity index (χ1v) is 11.0. The fraction of sp³-hybridized carbons (Fsp3) is 0.500. The van der Waals surface area contributed by atoms with Crippen LogP contribution in [0.25, 0.3) is 0 Å². The summed E-state index contributed by atoms with van der Waals surface area (Å²) >= 11 is 0. The van der Waals surface area contributed by atoms with Crippen molar-refractivity contribution < 1.29 is 24.3 Å². The van der Waals surface area contributed by atoms with Crippen LogP contribution in [0.1, 0.15) is 32.3 Å². The highest BCUT2D eigenvalue weighted by Crippen LogP contribution is 2.05. The molecule has 3 amide bonds. The standard InChI is InChI=1S/C22H35N7O5/c1-13(2)18(21(33)34)29-17(30)12-27-20(32)16(9-6-10-26-22(24)25)28-19(31)15(23)11-14-7-4-3-5-8-14/h3-5,7-8,13,15-16,18H,6,9-12,23H2,1-2H3,(H,27,32)(H,28,31)(H,29,30)(H,33,34)(H4,24,25,26). The van der Waals surface area contributed by atoms with Crippen molar-refractivity contribution in [2.75, 3.05) is 13.1 Å². The summed E-state index contributed by atoms with van der Waals surface area (Å²) in [5.41, 5.74) is 17.5. The number of nitrogens with zero attached hydrogens (tertiary/aromatic N) is 1. The van der Waals surface area contributed by atoms with E-state index < -0.39 is 48.4 Å². The highest BCUT2D eigenvalue weighted by Gasteiger charge is 2.26. The molecule has 0 aromatic heterocycles. The maximum atomic E-state index is 12.7. The maximum Gasteiger partial charge on any atom is 0.326 e. The molecule has 12 nitrogen and oxygen atoms in total. The first-order valence-electron chi connectivity index (χ1n) is 11.0. The molecule has 1 aromatic carbocycles. The summed E-state index contributed by atoms with van der Waals surface area (Å²) in [5, 5.41) is 16.6. The summed E-state index contributed by atoms with van der Waals surface area (Å²) in [6.07, 6.45) is 0.853. The number of rotatable bonds is 14. The fourth-order valence-electron chi connectivity index (χ4n) is 3.04. The number of amides is 3. The van der Waals surface area contributed by atoms with Crippen molar-refractivity contribution in [1.82, 2.24) is 16.0 Å². The third-order valence-electron chi connectivity index (χ3n) is 4.89. The number of hydrogen-bond donors (Lipinski definition) is 7. The number of nitrogens with two attached hydrogens (primary N) is 3. The highest BCUT2D eigenvalue weighted by molar-refractivity contribution is 5.92. The normalized spacial score (nSPS) is 13.3. The molecule has 0 spiro atoms. The average Bonchev–Trinajstić information content (AvgIpc) is 2.77. The number of guanidine groups is 1. The van der Waals surface area contributed by atoms with E-state index in [0.29, 0.717) is 6.42 Å². The Morgan fingerprint density at radius 1 is 1.03 bits per heavy atom. The van der Waals surface area contributed by atoms with Gasteiger partial charge in [0.1, 0.15) is 12.1 Å². The minimum atomic E-state index is -1.17. The largest absolute Gasteiger partial charge is 0.480 e. The summed E-state index contributed by atoms with van der Waals surface area (Å²) in [5.74, 6) is -3.42. The minimum absolute atomic E-state index is 0.0928. The van der Waals surface area contributed by atoms with E-state index in [4.69, 9.17) is 17.2 Å². The monoisotopic (exact) mass is 477 g/mol. The van der Waals surface area contributed by atoms with Crippen LogP contribution < -0.4 is 33.2 Å². The van der Waals surface area contributed by atoms with E-state index in [1.807, 2.05) is 30.3 Å². The lowest BCUT2D eigenvalue weighted by Gasteiger charge is -2.21. The number of hydrogen-bond acceptors (Lipinski definition) is 6. The third kappa shape index (κ3) is 10.8. The van der Waals surface area contributed by atoms with Crippen LogP contribution in [0.2, 0.25) is 0 Å². The van der Waals surface area contributed by atoms with Gasteiger partial charge in [0.05, 0.1) is 12.6 Å². The molecule has 0 radical (unpaired) electrons. The van der Waals surface area contributed by atoms with Gasteiger partial charge in [-0.25, -0.2) is 4.79 Å². The van der Waals surface area contributed by atoms with E-state index >= 15 is 0 Å². The molecular formula is C22H35N7O5. The van der Waals surface area contributed by atoms with Gasteiger partial charge in [-0.15, -0.1) is 0 Å². The maximum absolute atomic E-state index is 12.7. The van der Waals surface area contributed by atoms with Gasteiger partial charge >= 0.3 is 5.97 Å². The number of nitrogens with one attached hydrogen (secondary N) is 3. The lowest BCUT2D eigenvalue weighted by molar-refractivity contribution is -0.143. The Hall–Kier alpha value is -3.67. The Labute approximate surface area is 198 Å². The fourth-order valence-corrected chi connectivity index (χ4v) is 3.04. The topological polar surface area (TPSA) is 215 Å². The van der Waals surface area contributed by atoms with E-state index in [1.165, 1.54) is 0 Å². The van der Waals surface area contributed by atoms with Crippen LogP contribution in [0.5, 0.6) is 0 Å². The molecule has 0 saturated heterocycles. The van der Waals surface area contributed by atoms with E-state index in [1.54, 1.807) is 13.8 Å². The van der Waals surface area contributed by atoms with Crippen LogP contribution >= 0.6 is 0 Å². The molecule has 12 heteroatoms. The number of aliphatic imine (C=N–C) groups is 1. The molecular weight excluding hydrogens is 442 g/mol. The van der Waals surface area contributed by atoms with E-state index in [9.17, 15) is 24.3 Å². The van der Waals surface area contributed by atoms with Gasteiger partial charge in [0.2, 0.25) is 17.7 Å². The van der Waals surface area contributed by atoms with Crippen molar-refractivity contribution >= 4 is 29.7 Å². The van der Waals surface area contributed by atoms with Gasteiger partial charge in [0.25, 0.3) is 0 Å². The molecule has 0 heterocycles. The second kappa shape index (κ2) is 14.5. The molecule has 0 saturated carbocycles. The predicted molar refractivity (Wildman–Crippen MR) is 127 cm³/mol. The second-order valence-corrected chi connectivity index (χ2v) is 8.15.